The molecule has 0 radical (unpaired) electrons. The summed E-state index contributed by atoms with van der Waals surface area (Å²) in [6.07, 6.45) is 2.08. The summed E-state index contributed by atoms with van der Waals surface area (Å²) in [7, 11) is 0.136. The van der Waals surface area contributed by atoms with Crippen LogP contribution in [0.4, 0.5) is 5.69 Å². The number of amides is 1. The molecule has 0 aliphatic rings. The molecule has 0 saturated heterocycles. The molecule has 2 aromatic rings. The lowest BCUT2D eigenvalue weighted by atomic mass is 10.1. The quantitative estimate of drug-likeness (QED) is 0.656. The van der Waals surface area contributed by atoms with Crippen LogP contribution in [0.2, 0.25) is 5.02 Å². The number of unbranched alkanes of at least 4 members (excludes halogenated alkanes) is 1. The fourth-order valence-electron chi connectivity index (χ4n) is 2.81. The lowest BCUT2D eigenvalue weighted by Crippen LogP contribution is -2.31. The Morgan fingerprint density at radius 3 is 2.21 bits per heavy atom. The zero-order valence-corrected chi connectivity index (χ0v) is 18.1. The molecule has 0 heterocycles. The number of carbonyl (C=O) groups is 1. The summed E-state index contributed by atoms with van der Waals surface area (Å²) >= 11 is 5.90. The highest BCUT2D eigenvalue weighted by molar-refractivity contribution is 7.91. The van der Waals surface area contributed by atoms with Gasteiger partial charge in [-0.1, -0.05) is 37.1 Å². The highest BCUT2D eigenvalue weighted by Crippen LogP contribution is 2.30. The summed E-state index contributed by atoms with van der Waals surface area (Å²) in [5.41, 5.74) is 1.61. The average Bonchev–Trinajstić information content (AvgIpc) is 2.67. The number of rotatable bonds is 9. The van der Waals surface area contributed by atoms with Gasteiger partial charge in [0, 0.05) is 37.8 Å². The van der Waals surface area contributed by atoms with Crippen molar-refractivity contribution in [3.63, 3.8) is 0 Å². The van der Waals surface area contributed by atoms with E-state index < -0.39 is 15.1 Å². The third-order valence-corrected chi connectivity index (χ3v) is 6.91. The van der Waals surface area contributed by atoms with Gasteiger partial charge in [0.1, 0.15) is 5.25 Å². The summed E-state index contributed by atoms with van der Waals surface area (Å²) in [5, 5.41) is 2.38. The number of nitrogens with one attached hydrogen (secondary N) is 1. The van der Waals surface area contributed by atoms with Crippen molar-refractivity contribution in [1.82, 2.24) is 5.32 Å². The third-order valence-electron chi connectivity index (χ3n) is 4.54. The van der Waals surface area contributed by atoms with Crippen molar-refractivity contribution < 1.29 is 13.2 Å². The van der Waals surface area contributed by atoms with E-state index in [4.69, 9.17) is 11.6 Å². The van der Waals surface area contributed by atoms with E-state index in [0.29, 0.717) is 17.0 Å². The summed E-state index contributed by atoms with van der Waals surface area (Å²) in [6, 6.07) is 13.4. The zero-order valence-electron chi connectivity index (χ0n) is 16.5. The molecule has 0 aliphatic heterocycles. The van der Waals surface area contributed by atoms with Crippen LogP contribution in [-0.2, 0) is 14.6 Å². The molecule has 2 aromatic carbocycles. The first-order valence-electron chi connectivity index (χ1n) is 9.29. The van der Waals surface area contributed by atoms with Crippen LogP contribution >= 0.6 is 11.6 Å². The summed E-state index contributed by atoms with van der Waals surface area (Å²) in [4.78, 5) is 14.2. The minimum atomic E-state index is -3.71. The van der Waals surface area contributed by atoms with Gasteiger partial charge in [0.05, 0.1) is 4.90 Å². The molecular weight excluding hydrogens is 396 g/mol. The molecule has 28 heavy (non-hydrogen) atoms. The number of anilines is 1. The van der Waals surface area contributed by atoms with E-state index >= 15 is 0 Å². The summed E-state index contributed by atoms with van der Waals surface area (Å²) in [6.45, 7) is 2.03. The van der Waals surface area contributed by atoms with Crippen LogP contribution in [0.25, 0.3) is 0 Å². The SMILES string of the molecule is CCCCC(=O)NC[C@@H](c1ccc(N(C)C)cc1)S(=O)(=O)c1ccc(Cl)cc1. The van der Waals surface area contributed by atoms with Crippen LogP contribution in [0.15, 0.2) is 53.4 Å². The Bertz CT molecular complexity index is 879. The van der Waals surface area contributed by atoms with Crippen LogP contribution in [0, 0.1) is 0 Å². The lowest BCUT2D eigenvalue weighted by molar-refractivity contribution is -0.121. The number of nitrogens with zero attached hydrogens (tertiary/aromatic N) is 1. The number of carbonyl (C=O) groups excluding carboxylic acids is 1. The number of halogens is 1. The Morgan fingerprint density at radius 2 is 1.68 bits per heavy atom. The minimum Gasteiger partial charge on any atom is -0.378 e. The third kappa shape index (κ3) is 5.72. The Morgan fingerprint density at radius 1 is 1.07 bits per heavy atom. The topological polar surface area (TPSA) is 66.5 Å². The predicted octanol–water partition coefficient (Wildman–Crippen LogP) is 4.23. The highest BCUT2D eigenvalue weighted by atomic mass is 35.5. The van der Waals surface area contributed by atoms with Gasteiger partial charge < -0.3 is 10.2 Å². The van der Waals surface area contributed by atoms with E-state index in [-0.39, 0.29) is 17.3 Å². The van der Waals surface area contributed by atoms with Crippen molar-refractivity contribution in [3.8, 4) is 0 Å². The molecule has 152 valence electrons. The largest absolute Gasteiger partial charge is 0.378 e. The van der Waals surface area contributed by atoms with Gasteiger partial charge in [0.2, 0.25) is 5.91 Å². The van der Waals surface area contributed by atoms with Crippen molar-refractivity contribution in [1.29, 1.82) is 0 Å². The molecule has 0 bridgehead atoms. The van der Waals surface area contributed by atoms with E-state index in [0.717, 1.165) is 18.5 Å². The summed E-state index contributed by atoms with van der Waals surface area (Å²) < 4.78 is 26.6. The van der Waals surface area contributed by atoms with Gasteiger partial charge in [-0.2, -0.15) is 0 Å². The van der Waals surface area contributed by atoms with Crippen molar-refractivity contribution in [2.24, 2.45) is 0 Å². The molecule has 0 fully saturated rings. The van der Waals surface area contributed by atoms with Crippen LogP contribution < -0.4 is 10.2 Å². The maximum Gasteiger partial charge on any atom is 0.220 e. The fourth-order valence-corrected chi connectivity index (χ4v) is 4.60. The first-order chi connectivity index (χ1) is 13.3. The van der Waals surface area contributed by atoms with Gasteiger partial charge in [-0.25, -0.2) is 8.42 Å². The Hall–Kier alpha value is -2.05. The van der Waals surface area contributed by atoms with Crippen molar-refractivity contribution in [3.05, 3.63) is 59.1 Å². The maximum atomic E-state index is 13.3. The minimum absolute atomic E-state index is 0.0226. The molecule has 7 heteroatoms. The van der Waals surface area contributed by atoms with Gasteiger partial charge >= 0.3 is 0 Å². The van der Waals surface area contributed by atoms with Gasteiger partial charge in [0.25, 0.3) is 0 Å². The average molecular weight is 423 g/mol. The molecule has 0 unspecified atom stereocenters. The van der Waals surface area contributed by atoms with Crippen LogP contribution in [0.5, 0.6) is 0 Å². The van der Waals surface area contributed by atoms with Crippen LogP contribution in [-0.4, -0.2) is 35.0 Å². The first kappa shape index (κ1) is 22.2. The molecule has 0 spiro atoms. The second-order valence-corrected chi connectivity index (χ2v) is 9.45. The highest BCUT2D eigenvalue weighted by Gasteiger charge is 2.29. The number of hydrogen-bond acceptors (Lipinski definition) is 4. The monoisotopic (exact) mass is 422 g/mol. The first-order valence-corrected chi connectivity index (χ1v) is 11.2. The standard InChI is InChI=1S/C21H27ClN2O3S/c1-4-5-6-21(25)23-15-20(16-7-11-18(12-8-16)24(2)3)28(26,27)19-13-9-17(22)10-14-19/h7-14,20H,4-6,15H2,1-3H3,(H,23,25)/t20-/m0/s1. The normalized spacial score (nSPS) is 12.4. The predicted molar refractivity (Wildman–Crippen MR) is 115 cm³/mol. The maximum absolute atomic E-state index is 13.3. The van der Waals surface area contributed by atoms with Gasteiger partial charge in [-0.3, -0.25) is 4.79 Å². The van der Waals surface area contributed by atoms with E-state index in [2.05, 4.69) is 5.32 Å². The summed E-state index contributed by atoms with van der Waals surface area (Å²) in [5.74, 6) is -0.136. The smallest absolute Gasteiger partial charge is 0.220 e. The zero-order chi connectivity index (χ0) is 20.7. The Labute approximate surface area is 172 Å². The van der Waals surface area contributed by atoms with Crippen LogP contribution in [0.3, 0.4) is 0 Å². The van der Waals surface area contributed by atoms with Gasteiger partial charge in [-0.05, 0) is 48.4 Å². The molecule has 1 amide bonds. The molecular formula is C21H27ClN2O3S. The van der Waals surface area contributed by atoms with E-state index in [1.807, 2.05) is 38.1 Å². The van der Waals surface area contributed by atoms with E-state index in [1.165, 1.54) is 12.1 Å². The second-order valence-electron chi connectivity index (χ2n) is 6.88. The van der Waals surface area contributed by atoms with Crippen LogP contribution in [0.1, 0.15) is 37.0 Å². The molecule has 0 aliphatic carbocycles. The molecule has 5 nitrogen and oxygen atoms in total. The second kappa shape index (κ2) is 9.94. The number of benzene rings is 2. The van der Waals surface area contributed by atoms with E-state index in [9.17, 15) is 13.2 Å². The van der Waals surface area contributed by atoms with Crippen molar-refractivity contribution in [2.75, 3.05) is 25.5 Å². The van der Waals surface area contributed by atoms with Crippen molar-refractivity contribution >= 4 is 33.0 Å². The Kier molecular flexibility index (Phi) is 7.89. The lowest BCUT2D eigenvalue weighted by Gasteiger charge is -2.20. The molecule has 1 atom stereocenters. The molecule has 0 aromatic heterocycles. The van der Waals surface area contributed by atoms with Gasteiger partial charge in [0.15, 0.2) is 9.84 Å². The number of hydrogen-bond donors (Lipinski definition) is 1. The van der Waals surface area contributed by atoms with Crippen molar-refractivity contribution in [2.45, 2.75) is 36.3 Å². The fraction of sp³-hybridized carbons (Fsp3) is 0.381. The Balaban J connectivity index is 2.34. The molecule has 1 N–H and O–H groups in total. The number of sulfone groups is 1. The van der Waals surface area contributed by atoms with Gasteiger partial charge in [-0.15, -0.1) is 0 Å². The molecule has 0 saturated carbocycles. The van der Waals surface area contributed by atoms with E-state index in [1.54, 1.807) is 24.3 Å². The molecule has 2 rings (SSSR count).